The Hall–Kier alpha value is -3.13. The number of ether oxygens (including phenoxy) is 1. The minimum absolute atomic E-state index is 0.0657. The Kier molecular flexibility index (Phi) is 5.12. The number of hydrogen-bond donors (Lipinski definition) is 1. The molecule has 0 amide bonds. The normalized spacial score (nSPS) is 19.0. The zero-order chi connectivity index (χ0) is 19.5. The SMILES string of the molecule is Cc1ncccc1Oc1ncnc(N2C[C@@H](Cc3cnccn3)[C@H](O)C2)c1C. The Balaban J connectivity index is 1.52. The van der Waals surface area contributed by atoms with Crippen molar-refractivity contribution in [2.45, 2.75) is 26.4 Å². The average Bonchev–Trinajstić information content (AvgIpc) is 3.06. The summed E-state index contributed by atoms with van der Waals surface area (Å²) in [5, 5.41) is 10.5. The van der Waals surface area contributed by atoms with E-state index in [1.165, 1.54) is 6.33 Å². The Morgan fingerprint density at radius 2 is 2.00 bits per heavy atom. The Morgan fingerprint density at radius 1 is 1.11 bits per heavy atom. The van der Waals surface area contributed by atoms with E-state index in [0.717, 1.165) is 22.8 Å². The quantitative estimate of drug-likeness (QED) is 0.721. The van der Waals surface area contributed by atoms with E-state index in [1.54, 1.807) is 24.8 Å². The van der Waals surface area contributed by atoms with Crippen molar-refractivity contribution in [1.29, 1.82) is 0 Å². The van der Waals surface area contributed by atoms with Gasteiger partial charge in [-0.25, -0.2) is 9.97 Å². The molecule has 144 valence electrons. The van der Waals surface area contributed by atoms with Gasteiger partial charge in [0.15, 0.2) is 5.75 Å². The number of aromatic nitrogens is 5. The molecule has 3 aromatic rings. The Labute approximate surface area is 163 Å². The van der Waals surface area contributed by atoms with Gasteiger partial charge in [-0.2, -0.15) is 0 Å². The molecule has 1 fully saturated rings. The minimum Gasteiger partial charge on any atom is -0.437 e. The standard InChI is InChI=1S/C20H22N6O2/c1-13-19(24-12-25-20(13)28-18-4-3-5-22-14(18)2)26-10-15(17(27)11-26)8-16-9-21-6-7-23-16/h3-7,9,12,15,17,27H,8,10-11H2,1-2H3/t15-,17-/m1/s1. The van der Waals surface area contributed by atoms with Crippen LogP contribution in [0.25, 0.3) is 0 Å². The minimum atomic E-state index is -0.457. The molecule has 0 unspecified atom stereocenters. The van der Waals surface area contributed by atoms with Gasteiger partial charge in [-0.05, 0) is 32.4 Å². The molecule has 4 rings (SSSR count). The average molecular weight is 378 g/mol. The summed E-state index contributed by atoms with van der Waals surface area (Å²) in [5.41, 5.74) is 2.50. The van der Waals surface area contributed by atoms with Crippen molar-refractivity contribution in [3.05, 3.63) is 60.2 Å². The van der Waals surface area contributed by atoms with Gasteiger partial charge in [0.1, 0.15) is 12.1 Å². The van der Waals surface area contributed by atoms with Crippen LogP contribution >= 0.6 is 0 Å². The monoisotopic (exact) mass is 378 g/mol. The van der Waals surface area contributed by atoms with Gasteiger partial charge < -0.3 is 14.7 Å². The molecule has 0 aliphatic carbocycles. The summed E-state index contributed by atoms with van der Waals surface area (Å²) in [7, 11) is 0. The number of aliphatic hydroxyl groups is 1. The fraction of sp³-hybridized carbons (Fsp3) is 0.350. The molecule has 1 N–H and O–H groups in total. The summed E-state index contributed by atoms with van der Waals surface area (Å²) in [4.78, 5) is 23.5. The van der Waals surface area contributed by atoms with Crippen LogP contribution in [0.5, 0.6) is 11.6 Å². The summed E-state index contributed by atoms with van der Waals surface area (Å²) >= 11 is 0. The van der Waals surface area contributed by atoms with Crippen molar-refractivity contribution < 1.29 is 9.84 Å². The van der Waals surface area contributed by atoms with Crippen LogP contribution < -0.4 is 9.64 Å². The molecule has 0 radical (unpaired) electrons. The third-order valence-electron chi connectivity index (χ3n) is 4.97. The van der Waals surface area contributed by atoms with Gasteiger partial charge in [0, 0.05) is 43.8 Å². The second-order valence-corrected chi connectivity index (χ2v) is 6.95. The third-order valence-corrected chi connectivity index (χ3v) is 4.97. The Bertz CT molecular complexity index is 952. The Morgan fingerprint density at radius 3 is 2.79 bits per heavy atom. The maximum Gasteiger partial charge on any atom is 0.227 e. The smallest absolute Gasteiger partial charge is 0.227 e. The van der Waals surface area contributed by atoms with E-state index in [1.807, 2.05) is 26.0 Å². The molecule has 0 saturated carbocycles. The number of aryl methyl sites for hydroxylation is 1. The number of aliphatic hydroxyl groups excluding tert-OH is 1. The molecule has 2 atom stereocenters. The van der Waals surface area contributed by atoms with Gasteiger partial charge in [-0.3, -0.25) is 15.0 Å². The summed E-state index contributed by atoms with van der Waals surface area (Å²) in [6, 6.07) is 3.69. The summed E-state index contributed by atoms with van der Waals surface area (Å²) in [6.07, 6.45) is 8.50. The van der Waals surface area contributed by atoms with Gasteiger partial charge in [-0.1, -0.05) is 0 Å². The van der Waals surface area contributed by atoms with Gasteiger partial charge >= 0.3 is 0 Å². The number of hydrogen-bond acceptors (Lipinski definition) is 8. The highest BCUT2D eigenvalue weighted by atomic mass is 16.5. The molecule has 8 nitrogen and oxygen atoms in total. The predicted molar refractivity (Wildman–Crippen MR) is 103 cm³/mol. The fourth-order valence-corrected chi connectivity index (χ4v) is 3.46. The number of β-amino-alcohol motifs (C(OH)–C–C–N with tert-alkyl or cyclic N) is 1. The highest BCUT2D eigenvalue weighted by Crippen LogP contribution is 2.32. The van der Waals surface area contributed by atoms with E-state index >= 15 is 0 Å². The van der Waals surface area contributed by atoms with Gasteiger partial charge in [0.2, 0.25) is 5.88 Å². The molecule has 0 spiro atoms. The van der Waals surface area contributed by atoms with Crippen LogP contribution in [0.2, 0.25) is 0 Å². The molecule has 0 bridgehead atoms. The second-order valence-electron chi connectivity index (χ2n) is 6.95. The summed E-state index contributed by atoms with van der Waals surface area (Å²) in [5.74, 6) is 1.99. The van der Waals surface area contributed by atoms with Crippen molar-refractivity contribution in [2.24, 2.45) is 5.92 Å². The maximum absolute atomic E-state index is 10.5. The first-order valence-corrected chi connectivity index (χ1v) is 9.21. The zero-order valence-electron chi connectivity index (χ0n) is 15.9. The van der Waals surface area contributed by atoms with E-state index in [2.05, 4.69) is 29.8 Å². The lowest BCUT2D eigenvalue weighted by molar-refractivity contribution is 0.147. The van der Waals surface area contributed by atoms with Gasteiger partial charge in [0.05, 0.1) is 23.1 Å². The largest absolute Gasteiger partial charge is 0.437 e. The summed E-state index contributed by atoms with van der Waals surface area (Å²) < 4.78 is 5.97. The van der Waals surface area contributed by atoms with Crippen LogP contribution in [0.1, 0.15) is 17.0 Å². The van der Waals surface area contributed by atoms with Crippen molar-refractivity contribution >= 4 is 5.82 Å². The molecule has 1 saturated heterocycles. The first-order chi connectivity index (χ1) is 13.6. The summed E-state index contributed by atoms with van der Waals surface area (Å²) in [6.45, 7) is 5.01. The predicted octanol–water partition coefficient (Wildman–Crippen LogP) is 2.11. The molecule has 28 heavy (non-hydrogen) atoms. The van der Waals surface area contributed by atoms with Gasteiger partial charge in [-0.15, -0.1) is 0 Å². The van der Waals surface area contributed by atoms with E-state index in [0.29, 0.717) is 31.1 Å². The molecule has 1 aliphatic rings. The zero-order valence-corrected chi connectivity index (χ0v) is 15.9. The van der Waals surface area contributed by atoms with Crippen LogP contribution in [0.3, 0.4) is 0 Å². The lowest BCUT2D eigenvalue weighted by Crippen LogP contribution is -2.23. The highest BCUT2D eigenvalue weighted by molar-refractivity contribution is 5.52. The fourth-order valence-electron chi connectivity index (χ4n) is 3.46. The maximum atomic E-state index is 10.5. The van der Waals surface area contributed by atoms with Gasteiger partial charge in [0.25, 0.3) is 0 Å². The number of rotatable bonds is 5. The molecule has 0 aromatic carbocycles. The van der Waals surface area contributed by atoms with Crippen LogP contribution in [0, 0.1) is 19.8 Å². The molecule has 1 aliphatic heterocycles. The van der Waals surface area contributed by atoms with Crippen molar-refractivity contribution in [1.82, 2.24) is 24.9 Å². The first kappa shape index (κ1) is 18.2. The van der Waals surface area contributed by atoms with Crippen LogP contribution in [-0.2, 0) is 6.42 Å². The molecular formula is C20H22N6O2. The molecule has 3 aromatic heterocycles. The van der Waals surface area contributed by atoms with E-state index in [9.17, 15) is 5.11 Å². The number of nitrogens with zero attached hydrogens (tertiary/aromatic N) is 6. The van der Waals surface area contributed by atoms with E-state index < -0.39 is 6.10 Å². The van der Waals surface area contributed by atoms with Crippen molar-refractivity contribution in [3.63, 3.8) is 0 Å². The molecular weight excluding hydrogens is 356 g/mol. The number of anilines is 1. The lowest BCUT2D eigenvalue weighted by Gasteiger charge is -2.20. The second kappa shape index (κ2) is 7.85. The molecule has 4 heterocycles. The third kappa shape index (κ3) is 3.77. The van der Waals surface area contributed by atoms with Crippen molar-refractivity contribution in [2.75, 3.05) is 18.0 Å². The van der Waals surface area contributed by atoms with Crippen molar-refractivity contribution in [3.8, 4) is 11.6 Å². The highest BCUT2D eigenvalue weighted by Gasteiger charge is 2.33. The topological polar surface area (TPSA) is 97.2 Å². The van der Waals surface area contributed by atoms with Crippen LogP contribution in [0.15, 0.2) is 43.2 Å². The first-order valence-electron chi connectivity index (χ1n) is 9.21. The van der Waals surface area contributed by atoms with Crippen LogP contribution in [0.4, 0.5) is 5.82 Å². The number of pyridine rings is 1. The molecule has 8 heteroatoms. The van der Waals surface area contributed by atoms with E-state index in [4.69, 9.17) is 4.74 Å². The van der Waals surface area contributed by atoms with Crippen LogP contribution in [-0.4, -0.2) is 49.2 Å². The van der Waals surface area contributed by atoms with E-state index in [-0.39, 0.29) is 5.92 Å². The lowest BCUT2D eigenvalue weighted by atomic mass is 10.0.